The van der Waals surface area contributed by atoms with Crippen molar-refractivity contribution in [2.75, 3.05) is 11.9 Å². The summed E-state index contributed by atoms with van der Waals surface area (Å²) in [5.41, 5.74) is 1.15. The van der Waals surface area contributed by atoms with E-state index in [1.165, 1.54) is 6.08 Å². The van der Waals surface area contributed by atoms with Gasteiger partial charge in [-0.05, 0) is 30.7 Å². The average molecular weight is 385 g/mol. The molecular weight excluding hydrogens is 370 g/mol. The van der Waals surface area contributed by atoms with E-state index >= 15 is 0 Å². The van der Waals surface area contributed by atoms with Crippen LogP contribution in [0.25, 0.3) is 16.5 Å². The Morgan fingerprint density at radius 3 is 2.77 bits per heavy atom. The van der Waals surface area contributed by atoms with Crippen LogP contribution in [0, 0.1) is 0 Å². The van der Waals surface area contributed by atoms with Crippen molar-refractivity contribution in [3.05, 3.63) is 59.1 Å². The Hall–Kier alpha value is -2.84. The third-order valence-electron chi connectivity index (χ3n) is 3.28. The number of carbonyl (C=O) groups is 2. The van der Waals surface area contributed by atoms with E-state index in [1.807, 2.05) is 42.5 Å². The van der Waals surface area contributed by atoms with Gasteiger partial charge in [0.1, 0.15) is 0 Å². The third-order valence-corrected chi connectivity index (χ3v) is 5.02. The first kappa shape index (κ1) is 18.0. The molecule has 132 valence electrons. The van der Waals surface area contributed by atoms with Crippen molar-refractivity contribution >= 4 is 45.8 Å². The van der Waals surface area contributed by atoms with Crippen molar-refractivity contribution < 1.29 is 14.3 Å². The van der Waals surface area contributed by atoms with Crippen LogP contribution >= 0.6 is 22.9 Å². The van der Waals surface area contributed by atoms with Crippen molar-refractivity contribution in [1.82, 2.24) is 9.59 Å². The van der Waals surface area contributed by atoms with E-state index in [1.54, 1.807) is 24.3 Å². The zero-order chi connectivity index (χ0) is 18.4. The number of amides is 1. The van der Waals surface area contributed by atoms with Crippen LogP contribution in [0.15, 0.2) is 48.5 Å². The Morgan fingerprint density at radius 2 is 2.00 bits per heavy atom. The Kier molecular flexibility index (Phi) is 5.88. The maximum atomic E-state index is 12.1. The monoisotopic (exact) mass is 385 g/mol. The first-order valence-electron chi connectivity index (χ1n) is 7.81. The molecule has 0 radical (unpaired) electrons. The Morgan fingerprint density at radius 1 is 1.19 bits per heavy atom. The van der Waals surface area contributed by atoms with Gasteiger partial charge in [0, 0.05) is 27.4 Å². The van der Waals surface area contributed by atoms with Crippen LogP contribution in [-0.2, 0) is 9.53 Å². The van der Waals surface area contributed by atoms with E-state index in [0.717, 1.165) is 26.9 Å². The number of anilines is 1. The lowest BCUT2D eigenvalue weighted by Gasteiger charge is -2.01. The highest BCUT2D eigenvalue weighted by Gasteiger charge is 2.18. The maximum absolute atomic E-state index is 12.1. The van der Waals surface area contributed by atoms with Gasteiger partial charge in [0.15, 0.2) is 5.00 Å². The van der Waals surface area contributed by atoms with Crippen molar-refractivity contribution in [3.63, 3.8) is 0 Å². The van der Waals surface area contributed by atoms with E-state index in [0.29, 0.717) is 0 Å². The maximum Gasteiger partial charge on any atom is 0.362 e. The minimum atomic E-state index is -0.605. The number of aromatic nitrogens is 2. The summed E-state index contributed by atoms with van der Waals surface area (Å²) < 4.78 is 8.57. The highest BCUT2D eigenvalue weighted by molar-refractivity contribution is 7.16. The number of benzene rings is 1. The molecule has 0 saturated heterocycles. The van der Waals surface area contributed by atoms with Gasteiger partial charge >= 0.3 is 5.97 Å². The van der Waals surface area contributed by atoms with Crippen LogP contribution in [0.1, 0.15) is 22.3 Å². The third kappa shape index (κ3) is 4.41. The van der Waals surface area contributed by atoms with Gasteiger partial charge in [-0.3, -0.25) is 4.79 Å². The number of carbonyl (C=O) groups excluding carboxylic acids is 2. The number of hydrogen-bond donors (Lipinski definition) is 1. The van der Waals surface area contributed by atoms with Crippen LogP contribution in [0.3, 0.4) is 0 Å². The molecule has 0 bridgehead atoms. The fraction of sp³-hybridized carbons (Fsp3) is 0.111. The van der Waals surface area contributed by atoms with Gasteiger partial charge in [-0.15, -0.1) is 16.4 Å². The second-order valence-electron chi connectivity index (χ2n) is 5.06. The molecule has 0 saturated carbocycles. The van der Waals surface area contributed by atoms with Crippen molar-refractivity contribution in [1.29, 1.82) is 0 Å². The topological polar surface area (TPSA) is 81.2 Å². The lowest BCUT2D eigenvalue weighted by molar-refractivity contribution is -0.111. The van der Waals surface area contributed by atoms with Crippen LogP contribution in [-0.4, -0.2) is 28.1 Å². The molecule has 26 heavy (non-hydrogen) atoms. The second kappa shape index (κ2) is 8.50. The average Bonchev–Trinajstić information content (AvgIpc) is 3.30. The number of rotatable bonds is 6. The Labute approximate surface area is 158 Å². The fourth-order valence-electron chi connectivity index (χ4n) is 2.12. The van der Waals surface area contributed by atoms with Gasteiger partial charge in [0.05, 0.1) is 6.61 Å². The first-order valence-corrected chi connectivity index (χ1v) is 9.40. The summed E-state index contributed by atoms with van der Waals surface area (Å²) in [5.74, 6) is -0.970. The van der Waals surface area contributed by atoms with E-state index < -0.39 is 5.97 Å². The van der Waals surface area contributed by atoms with E-state index in [9.17, 15) is 9.59 Å². The number of thiophene rings is 1. The predicted molar refractivity (Wildman–Crippen MR) is 103 cm³/mol. The molecule has 0 spiro atoms. The van der Waals surface area contributed by atoms with E-state index in [4.69, 9.17) is 4.74 Å². The molecule has 0 aliphatic rings. The quantitative estimate of drug-likeness (QED) is 0.510. The van der Waals surface area contributed by atoms with Crippen LogP contribution in [0.2, 0.25) is 0 Å². The first-order chi connectivity index (χ1) is 12.7. The minimum absolute atomic E-state index is 0.0149. The lowest BCUT2D eigenvalue weighted by Crippen LogP contribution is -2.12. The number of nitrogens with zero attached hydrogens (tertiary/aromatic N) is 2. The van der Waals surface area contributed by atoms with Crippen LogP contribution in [0.4, 0.5) is 5.00 Å². The van der Waals surface area contributed by atoms with E-state index in [-0.39, 0.29) is 23.2 Å². The molecule has 0 aliphatic carbocycles. The molecule has 2 aromatic heterocycles. The summed E-state index contributed by atoms with van der Waals surface area (Å²) in [5, 5.41) is 6.58. The number of esters is 1. The van der Waals surface area contributed by atoms with Gasteiger partial charge in [-0.1, -0.05) is 34.8 Å². The summed E-state index contributed by atoms with van der Waals surface area (Å²) in [6.45, 7) is 1.93. The molecule has 8 heteroatoms. The Balaban J connectivity index is 1.65. The zero-order valence-corrected chi connectivity index (χ0v) is 15.5. The molecule has 0 atom stereocenters. The molecule has 0 fully saturated rings. The molecule has 1 N–H and O–H groups in total. The molecule has 3 aromatic rings. The molecule has 2 heterocycles. The van der Waals surface area contributed by atoms with Crippen LogP contribution in [0.5, 0.6) is 0 Å². The minimum Gasteiger partial charge on any atom is -0.461 e. The van der Waals surface area contributed by atoms with Gasteiger partial charge < -0.3 is 10.1 Å². The number of ether oxygens (including phenoxy) is 1. The summed E-state index contributed by atoms with van der Waals surface area (Å²) in [6, 6.07) is 14.0. The molecule has 0 unspecified atom stereocenters. The van der Waals surface area contributed by atoms with Gasteiger partial charge in [0.25, 0.3) is 0 Å². The second-order valence-corrected chi connectivity index (χ2v) is 6.93. The molecule has 1 aromatic carbocycles. The molecule has 3 rings (SSSR count). The van der Waals surface area contributed by atoms with Crippen molar-refractivity contribution in [2.45, 2.75) is 6.92 Å². The van der Waals surface area contributed by atoms with Crippen molar-refractivity contribution in [2.24, 2.45) is 0 Å². The van der Waals surface area contributed by atoms with Gasteiger partial charge in [-0.2, -0.15) is 0 Å². The lowest BCUT2D eigenvalue weighted by atomic mass is 10.2. The summed E-state index contributed by atoms with van der Waals surface area (Å²) in [4.78, 5) is 25.9. The molecule has 0 aliphatic heterocycles. The normalized spacial score (nSPS) is 10.8. The molecule has 6 nitrogen and oxygen atoms in total. The van der Waals surface area contributed by atoms with Gasteiger partial charge in [0.2, 0.25) is 11.6 Å². The van der Waals surface area contributed by atoms with E-state index in [2.05, 4.69) is 14.9 Å². The number of hydrogen-bond acceptors (Lipinski definition) is 7. The summed E-state index contributed by atoms with van der Waals surface area (Å²) in [7, 11) is 0. The largest absolute Gasteiger partial charge is 0.461 e. The van der Waals surface area contributed by atoms with Crippen molar-refractivity contribution in [3.8, 4) is 10.4 Å². The van der Waals surface area contributed by atoms with Gasteiger partial charge in [-0.25, -0.2) is 4.79 Å². The summed E-state index contributed by atoms with van der Waals surface area (Å²) >= 11 is 2.52. The summed E-state index contributed by atoms with van der Waals surface area (Å²) in [6.07, 6.45) is 3.14. The Bertz CT molecular complexity index is 932. The number of nitrogens with one attached hydrogen (secondary N) is 1. The highest BCUT2D eigenvalue weighted by atomic mass is 32.1. The smallest absolute Gasteiger partial charge is 0.362 e. The highest BCUT2D eigenvalue weighted by Crippen LogP contribution is 2.28. The van der Waals surface area contributed by atoms with Crippen LogP contribution < -0.4 is 5.32 Å². The standard InChI is InChI=1S/C18H15N3O3S2/c1-2-24-18(23)16-17(26-21-20-16)19-15(22)11-9-13-8-10-14(25-13)12-6-4-3-5-7-12/h3-11H,2H2,1H3,(H,19,22)/b11-9+. The SMILES string of the molecule is CCOC(=O)c1nnsc1NC(=O)/C=C/c1ccc(-c2ccccc2)s1. The predicted octanol–water partition coefficient (Wildman–Crippen LogP) is 4.10. The zero-order valence-electron chi connectivity index (χ0n) is 13.8. The molecular formula is C18H15N3O3S2. The fourth-order valence-corrected chi connectivity index (χ4v) is 3.59. The molecule has 1 amide bonds.